The van der Waals surface area contributed by atoms with E-state index in [9.17, 15) is 26.4 Å². The van der Waals surface area contributed by atoms with Crippen molar-refractivity contribution >= 4 is 42.7 Å². The Kier molecular flexibility index (Phi) is 5.13. The molecule has 0 amide bonds. The molecule has 2 heterocycles. The third-order valence-corrected chi connectivity index (χ3v) is 6.36. The second-order valence-electron chi connectivity index (χ2n) is 6.38. The Morgan fingerprint density at radius 3 is 2.45 bits per heavy atom. The molecule has 0 aliphatic rings. The Bertz CT molecular complexity index is 1450. The minimum absolute atomic E-state index is 0.00116. The van der Waals surface area contributed by atoms with E-state index in [2.05, 4.69) is 30.3 Å². The number of nitrogens with zero attached hydrogens (tertiary/aromatic N) is 2. The van der Waals surface area contributed by atoms with E-state index in [1.54, 1.807) is 0 Å². The summed E-state index contributed by atoms with van der Waals surface area (Å²) in [5.74, 6) is -0.00116. The SMILES string of the molecule is O=c1ccc2cc(S(=O)(=O)Nc3ccon3)ccc2n1-c1ccc(C(F)(F)F)cc1Br. The van der Waals surface area contributed by atoms with Gasteiger partial charge < -0.3 is 4.52 Å². The van der Waals surface area contributed by atoms with Gasteiger partial charge in [0.2, 0.25) is 0 Å². The lowest BCUT2D eigenvalue weighted by Gasteiger charge is -2.15. The van der Waals surface area contributed by atoms with Gasteiger partial charge >= 0.3 is 6.18 Å². The number of halogens is 4. The fraction of sp³-hybridized carbons (Fsp3) is 0.0526. The molecule has 0 unspecified atom stereocenters. The first kappa shape index (κ1) is 21.1. The van der Waals surface area contributed by atoms with Crippen molar-refractivity contribution in [2.24, 2.45) is 0 Å². The molecule has 31 heavy (non-hydrogen) atoms. The molecule has 0 atom stereocenters. The number of aromatic nitrogens is 2. The number of hydrogen-bond acceptors (Lipinski definition) is 5. The minimum atomic E-state index is -4.54. The van der Waals surface area contributed by atoms with Gasteiger partial charge in [-0.05, 0) is 58.4 Å². The maximum Gasteiger partial charge on any atom is 0.416 e. The van der Waals surface area contributed by atoms with Crippen molar-refractivity contribution in [1.29, 1.82) is 0 Å². The van der Waals surface area contributed by atoms with Crippen LogP contribution in [-0.2, 0) is 16.2 Å². The summed E-state index contributed by atoms with van der Waals surface area (Å²) in [5.41, 5.74) is -0.874. The van der Waals surface area contributed by atoms with Gasteiger partial charge in [-0.25, -0.2) is 8.42 Å². The van der Waals surface area contributed by atoms with Gasteiger partial charge in [0.05, 0.1) is 21.7 Å². The summed E-state index contributed by atoms with van der Waals surface area (Å²) >= 11 is 3.09. The Labute approximate surface area is 181 Å². The highest BCUT2D eigenvalue weighted by Crippen LogP contribution is 2.34. The van der Waals surface area contributed by atoms with E-state index >= 15 is 0 Å². The molecule has 0 aliphatic carbocycles. The number of pyridine rings is 1. The molecule has 0 aliphatic heterocycles. The van der Waals surface area contributed by atoms with Crippen molar-refractivity contribution in [1.82, 2.24) is 9.72 Å². The van der Waals surface area contributed by atoms with Crippen LogP contribution in [0.3, 0.4) is 0 Å². The number of rotatable bonds is 4. The first-order chi connectivity index (χ1) is 14.6. The zero-order valence-corrected chi connectivity index (χ0v) is 17.6. The predicted octanol–water partition coefficient (Wildman–Crippen LogP) is 4.56. The van der Waals surface area contributed by atoms with Crippen molar-refractivity contribution in [3.05, 3.63) is 81.3 Å². The van der Waals surface area contributed by atoms with Crippen molar-refractivity contribution in [3.8, 4) is 5.69 Å². The normalized spacial score (nSPS) is 12.3. The number of sulfonamides is 1. The van der Waals surface area contributed by atoms with Gasteiger partial charge in [0.15, 0.2) is 5.82 Å². The number of fused-ring (bicyclic) bond motifs is 1. The van der Waals surface area contributed by atoms with Crippen LogP contribution in [0.4, 0.5) is 19.0 Å². The lowest BCUT2D eigenvalue weighted by Crippen LogP contribution is -2.19. The summed E-state index contributed by atoms with van der Waals surface area (Å²) in [5, 5.41) is 3.88. The summed E-state index contributed by atoms with van der Waals surface area (Å²) in [4.78, 5) is 12.4. The van der Waals surface area contributed by atoms with Gasteiger partial charge in [-0.15, -0.1) is 0 Å². The Hall–Kier alpha value is -3.12. The Balaban J connectivity index is 1.83. The molecule has 2 aromatic heterocycles. The predicted molar refractivity (Wildman–Crippen MR) is 110 cm³/mol. The number of nitrogens with one attached hydrogen (secondary N) is 1. The molecule has 0 spiro atoms. The van der Waals surface area contributed by atoms with Crippen LogP contribution in [0.5, 0.6) is 0 Å². The van der Waals surface area contributed by atoms with E-state index < -0.39 is 27.3 Å². The van der Waals surface area contributed by atoms with E-state index in [1.807, 2.05) is 0 Å². The van der Waals surface area contributed by atoms with E-state index in [1.165, 1.54) is 53.3 Å². The van der Waals surface area contributed by atoms with E-state index in [-0.39, 0.29) is 20.9 Å². The standard InChI is InChI=1S/C19H11BrF3N3O4S/c20-14-10-12(19(21,22)23)2-4-16(14)26-15-5-3-13(9-11(15)1-6-18(26)27)31(28,29)25-17-7-8-30-24-17/h1-10H,(H,24,25). The van der Waals surface area contributed by atoms with Gasteiger partial charge in [0, 0.05) is 22.0 Å². The molecule has 1 N–H and O–H groups in total. The van der Waals surface area contributed by atoms with Crippen molar-refractivity contribution < 1.29 is 26.1 Å². The largest absolute Gasteiger partial charge is 0.416 e. The van der Waals surface area contributed by atoms with Gasteiger partial charge in [0.1, 0.15) is 6.26 Å². The van der Waals surface area contributed by atoms with E-state index in [0.29, 0.717) is 10.9 Å². The van der Waals surface area contributed by atoms with Crippen LogP contribution in [0, 0.1) is 0 Å². The number of benzene rings is 2. The maximum atomic E-state index is 13.0. The zero-order chi connectivity index (χ0) is 22.4. The number of anilines is 1. The molecule has 0 radical (unpaired) electrons. The van der Waals surface area contributed by atoms with Crippen molar-refractivity contribution in [3.63, 3.8) is 0 Å². The van der Waals surface area contributed by atoms with Crippen LogP contribution < -0.4 is 10.3 Å². The van der Waals surface area contributed by atoms with E-state index in [0.717, 1.165) is 12.1 Å². The molecular weight excluding hydrogens is 503 g/mol. The monoisotopic (exact) mass is 513 g/mol. The first-order valence-electron chi connectivity index (χ1n) is 8.52. The van der Waals surface area contributed by atoms with Crippen LogP contribution in [0.2, 0.25) is 0 Å². The first-order valence-corrected chi connectivity index (χ1v) is 10.8. The topological polar surface area (TPSA) is 94.2 Å². The summed E-state index contributed by atoms with van der Waals surface area (Å²) in [7, 11) is -3.99. The average Bonchev–Trinajstić information content (AvgIpc) is 3.19. The minimum Gasteiger partial charge on any atom is -0.363 e. The molecule has 0 fully saturated rings. The molecule has 0 saturated heterocycles. The highest BCUT2D eigenvalue weighted by molar-refractivity contribution is 9.10. The summed E-state index contributed by atoms with van der Waals surface area (Å²) in [6.45, 7) is 0. The highest BCUT2D eigenvalue weighted by atomic mass is 79.9. The molecule has 12 heteroatoms. The second-order valence-corrected chi connectivity index (χ2v) is 8.92. The molecule has 0 bridgehead atoms. The van der Waals surface area contributed by atoms with Crippen LogP contribution in [0.25, 0.3) is 16.6 Å². The van der Waals surface area contributed by atoms with Gasteiger partial charge in [-0.3, -0.25) is 14.1 Å². The third kappa shape index (κ3) is 4.08. The summed E-state index contributed by atoms with van der Waals surface area (Å²) in [6, 6.07) is 10.9. The van der Waals surface area contributed by atoms with Crippen molar-refractivity contribution in [2.75, 3.05) is 4.72 Å². The number of alkyl halides is 3. The maximum absolute atomic E-state index is 13.0. The Morgan fingerprint density at radius 1 is 1.03 bits per heavy atom. The van der Waals surface area contributed by atoms with Gasteiger partial charge in [-0.2, -0.15) is 13.2 Å². The van der Waals surface area contributed by atoms with Crippen LogP contribution >= 0.6 is 15.9 Å². The summed E-state index contributed by atoms with van der Waals surface area (Å²) < 4.78 is 72.1. The molecule has 2 aromatic carbocycles. The molecule has 0 saturated carbocycles. The fourth-order valence-corrected chi connectivity index (χ4v) is 4.55. The molecule has 4 rings (SSSR count). The molecule has 7 nitrogen and oxygen atoms in total. The number of hydrogen-bond donors (Lipinski definition) is 1. The van der Waals surface area contributed by atoms with Gasteiger partial charge in [0.25, 0.3) is 15.6 Å². The Morgan fingerprint density at radius 2 is 1.81 bits per heavy atom. The molecular formula is C19H11BrF3N3O4S. The molecule has 4 aromatic rings. The lowest BCUT2D eigenvalue weighted by atomic mass is 10.1. The van der Waals surface area contributed by atoms with Gasteiger partial charge in [-0.1, -0.05) is 5.16 Å². The third-order valence-electron chi connectivity index (χ3n) is 4.37. The van der Waals surface area contributed by atoms with Crippen LogP contribution in [-0.4, -0.2) is 18.1 Å². The summed E-state index contributed by atoms with van der Waals surface area (Å²) in [6.07, 6.45) is -3.33. The lowest BCUT2D eigenvalue weighted by molar-refractivity contribution is -0.137. The average molecular weight is 514 g/mol. The zero-order valence-electron chi connectivity index (χ0n) is 15.2. The smallest absolute Gasteiger partial charge is 0.363 e. The van der Waals surface area contributed by atoms with Crippen molar-refractivity contribution in [2.45, 2.75) is 11.1 Å². The van der Waals surface area contributed by atoms with Crippen LogP contribution in [0.1, 0.15) is 5.56 Å². The quantitative estimate of drug-likeness (QED) is 0.431. The second kappa shape index (κ2) is 7.54. The fourth-order valence-electron chi connectivity index (χ4n) is 2.97. The van der Waals surface area contributed by atoms with Crippen LogP contribution in [0.15, 0.2) is 79.5 Å². The molecule has 160 valence electrons. The highest BCUT2D eigenvalue weighted by Gasteiger charge is 2.31. The van der Waals surface area contributed by atoms with E-state index in [4.69, 9.17) is 0 Å².